The molecular weight excluding hydrogens is 299 g/mol. The van der Waals surface area contributed by atoms with E-state index in [0.717, 1.165) is 0 Å². The van der Waals surface area contributed by atoms with Crippen molar-refractivity contribution in [2.24, 2.45) is 0 Å². The molecule has 23 heavy (non-hydrogen) atoms. The first-order valence-corrected chi connectivity index (χ1v) is 7.20. The molecule has 2 aromatic rings. The summed E-state index contributed by atoms with van der Waals surface area (Å²) in [6.07, 6.45) is 0. The van der Waals surface area contributed by atoms with Crippen molar-refractivity contribution in [2.75, 3.05) is 25.6 Å². The third-order valence-corrected chi connectivity index (χ3v) is 3.08. The molecule has 0 aliphatic carbocycles. The van der Waals surface area contributed by atoms with Crippen LogP contribution in [0, 0.1) is 12.7 Å². The normalized spacial score (nSPS) is 10.4. The number of halogens is 1. The largest absolute Gasteiger partial charge is 0.383 e. The number of anilines is 1. The number of carbonyl (C=O) groups excluding carboxylic acids is 1. The van der Waals surface area contributed by atoms with Crippen molar-refractivity contribution in [3.63, 3.8) is 0 Å². The molecule has 0 atom stereocenters. The first-order chi connectivity index (χ1) is 11.1. The summed E-state index contributed by atoms with van der Waals surface area (Å²) in [6, 6.07) is 7.86. The van der Waals surface area contributed by atoms with E-state index in [1.165, 1.54) is 6.07 Å². The topological polar surface area (TPSA) is 76.1 Å². The molecule has 0 bridgehead atoms. The average molecular weight is 318 g/mol. The Morgan fingerprint density at radius 3 is 2.83 bits per heavy atom. The summed E-state index contributed by atoms with van der Waals surface area (Å²) in [6.45, 7) is 2.90. The van der Waals surface area contributed by atoms with Gasteiger partial charge in [0.15, 0.2) is 0 Å². The Balaban J connectivity index is 2.02. The summed E-state index contributed by atoms with van der Waals surface area (Å²) < 4.78 is 18.5. The Hall–Kier alpha value is -2.54. The number of hydrogen-bond donors (Lipinski definition) is 2. The minimum absolute atomic E-state index is 0.0982. The predicted molar refractivity (Wildman–Crippen MR) is 84.7 cm³/mol. The summed E-state index contributed by atoms with van der Waals surface area (Å²) in [4.78, 5) is 20.5. The predicted octanol–water partition coefficient (Wildman–Crippen LogP) is 1.91. The molecule has 0 radical (unpaired) electrons. The van der Waals surface area contributed by atoms with Gasteiger partial charge in [0.05, 0.1) is 6.61 Å². The second-order valence-corrected chi connectivity index (χ2v) is 4.88. The van der Waals surface area contributed by atoms with Crippen LogP contribution in [0.4, 0.5) is 10.2 Å². The minimum Gasteiger partial charge on any atom is -0.383 e. The van der Waals surface area contributed by atoms with E-state index in [1.807, 2.05) is 0 Å². The number of amides is 1. The molecule has 0 unspecified atom stereocenters. The zero-order chi connectivity index (χ0) is 16.7. The lowest BCUT2D eigenvalue weighted by molar-refractivity contribution is 0.0945. The maximum Gasteiger partial charge on any atom is 0.270 e. The molecule has 6 nitrogen and oxygen atoms in total. The Bertz CT molecular complexity index is 679. The number of nitrogens with zero attached hydrogens (tertiary/aromatic N) is 2. The molecule has 0 saturated heterocycles. The van der Waals surface area contributed by atoms with Crippen LogP contribution in [0.2, 0.25) is 0 Å². The summed E-state index contributed by atoms with van der Waals surface area (Å²) >= 11 is 0. The van der Waals surface area contributed by atoms with Crippen LogP contribution in [0.5, 0.6) is 0 Å². The van der Waals surface area contributed by atoms with Crippen molar-refractivity contribution in [1.29, 1.82) is 0 Å². The van der Waals surface area contributed by atoms with E-state index in [2.05, 4.69) is 20.6 Å². The van der Waals surface area contributed by atoms with Gasteiger partial charge in [0.25, 0.3) is 5.91 Å². The number of carbonyl (C=O) groups is 1. The third-order valence-electron chi connectivity index (χ3n) is 3.08. The van der Waals surface area contributed by atoms with Gasteiger partial charge in [-0.3, -0.25) is 4.79 Å². The molecule has 1 heterocycles. The molecule has 0 aliphatic rings. The molecule has 2 N–H and O–H groups in total. The first-order valence-electron chi connectivity index (χ1n) is 7.20. The van der Waals surface area contributed by atoms with Gasteiger partial charge in [-0.25, -0.2) is 14.4 Å². The Labute approximate surface area is 134 Å². The maximum absolute atomic E-state index is 13.5. The van der Waals surface area contributed by atoms with Crippen molar-refractivity contribution < 1.29 is 13.9 Å². The molecule has 0 spiro atoms. The Kier molecular flexibility index (Phi) is 5.99. The Morgan fingerprint density at radius 1 is 1.30 bits per heavy atom. The van der Waals surface area contributed by atoms with Gasteiger partial charge in [-0.1, -0.05) is 18.2 Å². The monoisotopic (exact) mass is 318 g/mol. The highest BCUT2D eigenvalue weighted by molar-refractivity contribution is 5.92. The quantitative estimate of drug-likeness (QED) is 0.763. The van der Waals surface area contributed by atoms with E-state index >= 15 is 0 Å². The highest BCUT2D eigenvalue weighted by Crippen LogP contribution is 2.08. The van der Waals surface area contributed by atoms with E-state index in [-0.39, 0.29) is 24.0 Å². The van der Waals surface area contributed by atoms with E-state index in [0.29, 0.717) is 30.4 Å². The summed E-state index contributed by atoms with van der Waals surface area (Å²) in [7, 11) is 1.61. The van der Waals surface area contributed by atoms with Crippen molar-refractivity contribution >= 4 is 11.7 Å². The molecular formula is C16H19FN4O2. The van der Waals surface area contributed by atoms with Crippen molar-refractivity contribution in [3.8, 4) is 0 Å². The van der Waals surface area contributed by atoms with Gasteiger partial charge < -0.3 is 15.4 Å². The maximum atomic E-state index is 13.5. The number of aryl methyl sites for hydroxylation is 1. The molecule has 1 amide bonds. The van der Waals surface area contributed by atoms with Crippen LogP contribution in [0.1, 0.15) is 21.9 Å². The number of benzene rings is 1. The number of ether oxygens (including phenoxy) is 1. The lowest BCUT2D eigenvalue weighted by Gasteiger charge is -2.09. The summed E-state index contributed by atoms with van der Waals surface area (Å²) in [5, 5.41) is 5.70. The number of methoxy groups -OCH3 is 1. The lowest BCUT2D eigenvalue weighted by atomic mass is 10.2. The van der Waals surface area contributed by atoms with Crippen LogP contribution >= 0.6 is 0 Å². The van der Waals surface area contributed by atoms with Gasteiger partial charge in [0.2, 0.25) is 0 Å². The van der Waals surface area contributed by atoms with Crippen LogP contribution in [0.15, 0.2) is 30.3 Å². The van der Waals surface area contributed by atoms with Gasteiger partial charge in [-0.05, 0) is 13.0 Å². The van der Waals surface area contributed by atoms with E-state index in [1.54, 1.807) is 38.3 Å². The molecule has 7 heteroatoms. The smallest absolute Gasteiger partial charge is 0.270 e. The fraction of sp³-hybridized carbons (Fsp3) is 0.312. The number of rotatable bonds is 7. The zero-order valence-electron chi connectivity index (χ0n) is 13.1. The van der Waals surface area contributed by atoms with E-state index in [9.17, 15) is 9.18 Å². The van der Waals surface area contributed by atoms with Crippen molar-refractivity contribution in [2.45, 2.75) is 13.5 Å². The summed E-state index contributed by atoms with van der Waals surface area (Å²) in [5.74, 6) is 0.288. The standard InChI is InChI=1S/C16H19FN4O2/c1-11-20-14(9-15(21-11)18-7-8-23-2)16(22)19-10-12-5-3-4-6-13(12)17/h3-6,9H,7-8,10H2,1-2H3,(H,19,22)(H,18,20,21). The number of hydrogen-bond acceptors (Lipinski definition) is 5. The molecule has 0 aliphatic heterocycles. The zero-order valence-corrected chi connectivity index (χ0v) is 13.1. The van der Waals surface area contributed by atoms with Crippen molar-refractivity contribution in [1.82, 2.24) is 15.3 Å². The van der Waals surface area contributed by atoms with Gasteiger partial charge in [0, 0.05) is 31.8 Å². The fourth-order valence-electron chi connectivity index (χ4n) is 1.96. The van der Waals surface area contributed by atoms with Gasteiger partial charge in [0.1, 0.15) is 23.2 Å². The first kappa shape index (κ1) is 16.8. The van der Waals surface area contributed by atoms with Crippen LogP contribution in [-0.2, 0) is 11.3 Å². The second kappa shape index (κ2) is 8.19. The number of nitrogens with one attached hydrogen (secondary N) is 2. The van der Waals surface area contributed by atoms with Gasteiger partial charge in [-0.2, -0.15) is 0 Å². The molecule has 0 fully saturated rings. The molecule has 1 aromatic carbocycles. The Morgan fingerprint density at radius 2 is 2.09 bits per heavy atom. The minimum atomic E-state index is -0.381. The lowest BCUT2D eigenvalue weighted by Crippen LogP contribution is -2.25. The van der Waals surface area contributed by atoms with E-state index in [4.69, 9.17) is 4.74 Å². The number of aromatic nitrogens is 2. The molecule has 1 aromatic heterocycles. The van der Waals surface area contributed by atoms with Gasteiger partial charge in [-0.15, -0.1) is 0 Å². The average Bonchev–Trinajstić information content (AvgIpc) is 2.53. The van der Waals surface area contributed by atoms with E-state index < -0.39 is 0 Å². The molecule has 122 valence electrons. The van der Waals surface area contributed by atoms with Gasteiger partial charge >= 0.3 is 0 Å². The second-order valence-electron chi connectivity index (χ2n) is 4.88. The summed E-state index contributed by atoms with van der Waals surface area (Å²) in [5.41, 5.74) is 0.652. The molecule has 0 saturated carbocycles. The highest BCUT2D eigenvalue weighted by Gasteiger charge is 2.11. The van der Waals surface area contributed by atoms with Crippen LogP contribution in [0.25, 0.3) is 0 Å². The van der Waals surface area contributed by atoms with Crippen molar-refractivity contribution in [3.05, 3.63) is 53.2 Å². The van der Waals surface area contributed by atoms with Crippen LogP contribution in [-0.4, -0.2) is 36.1 Å². The highest BCUT2D eigenvalue weighted by atomic mass is 19.1. The SMILES string of the molecule is COCCNc1cc(C(=O)NCc2ccccc2F)nc(C)n1. The van der Waals surface area contributed by atoms with Crippen LogP contribution < -0.4 is 10.6 Å². The fourth-order valence-corrected chi connectivity index (χ4v) is 1.96. The van der Waals surface area contributed by atoms with Crippen LogP contribution in [0.3, 0.4) is 0 Å². The molecule has 2 rings (SSSR count). The third kappa shape index (κ3) is 5.00.